The largest absolute Gasteiger partial charge is 0.302 e. The summed E-state index contributed by atoms with van der Waals surface area (Å²) in [6.07, 6.45) is 0. The molecule has 0 fully saturated rings. The molecule has 1 heterocycles. The van der Waals surface area contributed by atoms with E-state index in [0.29, 0.717) is 0 Å². The van der Waals surface area contributed by atoms with Gasteiger partial charge in [-0.05, 0) is 31.5 Å². The highest BCUT2D eigenvalue weighted by molar-refractivity contribution is 5.58. The van der Waals surface area contributed by atoms with Crippen LogP contribution in [-0.2, 0) is 0 Å². The second-order valence-electron chi connectivity index (χ2n) is 5.83. The van der Waals surface area contributed by atoms with Crippen LogP contribution in [0.3, 0.4) is 0 Å². The minimum Gasteiger partial charge on any atom is -0.302 e. The van der Waals surface area contributed by atoms with Gasteiger partial charge in [0.25, 0.3) is 0 Å². The van der Waals surface area contributed by atoms with Gasteiger partial charge in [0.15, 0.2) is 0 Å². The molecule has 23 heavy (non-hydrogen) atoms. The quantitative estimate of drug-likeness (QED) is 0.704. The van der Waals surface area contributed by atoms with Crippen LogP contribution in [0, 0.1) is 0 Å². The van der Waals surface area contributed by atoms with Crippen molar-refractivity contribution >= 4 is 0 Å². The first-order valence-corrected chi connectivity index (χ1v) is 8.07. The van der Waals surface area contributed by atoms with Gasteiger partial charge in [0, 0.05) is 17.6 Å². The number of nitrogens with zero attached hydrogens (tertiary/aromatic N) is 1. The van der Waals surface area contributed by atoms with Crippen LogP contribution in [0.25, 0.3) is 11.3 Å². The summed E-state index contributed by atoms with van der Waals surface area (Å²) >= 11 is 0. The Balaban J connectivity index is 1.76. The fourth-order valence-electron chi connectivity index (χ4n) is 2.76. The van der Waals surface area contributed by atoms with E-state index in [1.165, 1.54) is 5.56 Å². The molecule has 2 nitrogen and oxygen atoms in total. The van der Waals surface area contributed by atoms with Crippen LogP contribution < -0.4 is 5.32 Å². The Hall–Kier alpha value is -2.45. The molecule has 0 saturated carbocycles. The molecule has 0 spiro atoms. The number of pyridine rings is 1. The Morgan fingerprint density at radius 1 is 0.696 bits per heavy atom. The van der Waals surface area contributed by atoms with E-state index >= 15 is 0 Å². The zero-order valence-corrected chi connectivity index (χ0v) is 13.6. The highest BCUT2D eigenvalue weighted by Crippen LogP contribution is 2.21. The van der Waals surface area contributed by atoms with Gasteiger partial charge in [0.05, 0.1) is 11.4 Å². The molecule has 2 aromatic carbocycles. The van der Waals surface area contributed by atoms with Gasteiger partial charge < -0.3 is 5.32 Å². The Morgan fingerprint density at radius 3 is 2.04 bits per heavy atom. The Labute approximate surface area is 138 Å². The summed E-state index contributed by atoms with van der Waals surface area (Å²) in [5.41, 5.74) is 4.52. The van der Waals surface area contributed by atoms with Crippen molar-refractivity contribution in [1.82, 2.24) is 10.3 Å². The molecule has 1 aromatic heterocycles. The van der Waals surface area contributed by atoms with Crippen LogP contribution in [-0.4, -0.2) is 4.98 Å². The van der Waals surface area contributed by atoms with Gasteiger partial charge in [-0.3, -0.25) is 4.98 Å². The van der Waals surface area contributed by atoms with Crippen molar-refractivity contribution < 1.29 is 0 Å². The van der Waals surface area contributed by atoms with Gasteiger partial charge in [-0.1, -0.05) is 66.7 Å². The van der Waals surface area contributed by atoms with Gasteiger partial charge in [0.2, 0.25) is 0 Å². The molecule has 2 heteroatoms. The second-order valence-corrected chi connectivity index (χ2v) is 5.83. The number of hydrogen-bond acceptors (Lipinski definition) is 2. The molecular formula is C21H22N2. The van der Waals surface area contributed by atoms with Gasteiger partial charge in [-0.25, -0.2) is 0 Å². The maximum Gasteiger partial charge on any atom is 0.0706 e. The van der Waals surface area contributed by atoms with Crippen LogP contribution in [0.5, 0.6) is 0 Å². The van der Waals surface area contributed by atoms with Crippen molar-refractivity contribution in [1.29, 1.82) is 0 Å². The summed E-state index contributed by atoms with van der Waals surface area (Å²) in [6.45, 7) is 4.35. The first-order chi connectivity index (χ1) is 11.2. The Kier molecular flexibility index (Phi) is 4.84. The van der Waals surface area contributed by atoms with E-state index in [1.54, 1.807) is 0 Å². The molecule has 0 aliphatic carbocycles. The lowest BCUT2D eigenvalue weighted by Gasteiger charge is -2.20. The van der Waals surface area contributed by atoms with Gasteiger partial charge >= 0.3 is 0 Å². The zero-order chi connectivity index (χ0) is 16.1. The first-order valence-electron chi connectivity index (χ1n) is 8.07. The van der Waals surface area contributed by atoms with Gasteiger partial charge in [-0.2, -0.15) is 0 Å². The maximum atomic E-state index is 4.83. The third kappa shape index (κ3) is 3.85. The molecule has 0 bridgehead atoms. The molecule has 0 aliphatic rings. The SMILES string of the molecule is C[C@H](N[C@@H](C)c1cccc(-c2ccccc2)n1)c1ccccc1. The smallest absolute Gasteiger partial charge is 0.0706 e. The number of rotatable bonds is 5. The van der Waals surface area contributed by atoms with E-state index in [9.17, 15) is 0 Å². The van der Waals surface area contributed by atoms with Crippen molar-refractivity contribution in [3.8, 4) is 11.3 Å². The normalized spacial score (nSPS) is 13.5. The molecule has 1 N–H and O–H groups in total. The molecule has 0 unspecified atom stereocenters. The minimum atomic E-state index is 0.189. The summed E-state index contributed by atoms with van der Waals surface area (Å²) in [6, 6.07) is 27.5. The van der Waals surface area contributed by atoms with Crippen molar-refractivity contribution in [2.45, 2.75) is 25.9 Å². The summed E-state index contributed by atoms with van der Waals surface area (Å²) in [5.74, 6) is 0. The molecule has 0 amide bonds. The van der Waals surface area contributed by atoms with E-state index < -0.39 is 0 Å². The predicted molar refractivity (Wildman–Crippen MR) is 96.1 cm³/mol. The molecule has 2 atom stereocenters. The molecule has 0 saturated heterocycles. The average Bonchev–Trinajstić information content (AvgIpc) is 2.63. The Morgan fingerprint density at radius 2 is 1.35 bits per heavy atom. The highest BCUT2D eigenvalue weighted by atomic mass is 15.0. The lowest BCUT2D eigenvalue weighted by atomic mass is 10.1. The van der Waals surface area contributed by atoms with Crippen molar-refractivity contribution in [3.63, 3.8) is 0 Å². The van der Waals surface area contributed by atoms with Crippen LogP contribution in [0.2, 0.25) is 0 Å². The summed E-state index contributed by atoms with van der Waals surface area (Å²) < 4.78 is 0. The lowest BCUT2D eigenvalue weighted by molar-refractivity contribution is 0.486. The van der Waals surface area contributed by atoms with Gasteiger partial charge in [0.1, 0.15) is 0 Å². The topological polar surface area (TPSA) is 24.9 Å². The summed E-state index contributed by atoms with van der Waals surface area (Å²) in [4.78, 5) is 4.83. The van der Waals surface area contributed by atoms with Crippen molar-refractivity contribution in [2.24, 2.45) is 0 Å². The Bertz CT molecular complexity index is 738. The molecular weight excluding hydrogens is 280 g/mol. The van der Waals surface area contributed by atoms with Crippen LogP contribution >= 0.6 is 0 Å². The standard InChI is InChI=1S/C21H22N2/c1-16(18-10-5-3-6-11-18)22-17(2)20-14-9-15-21(23-20)19-12-7-4-8-13-19/h3-17,22H,1-2H3/t16-,17-/m0/s1. The number of benzene rings is 2. The number of aromatic nitrogens is 1. The minimum absolute atomic E-state index is 0.189. The van der Waals surface area contributed by atoms with Crippen molar-refractivity contribution in [3.05, 3.63) is 90.1 Å². The third-order valence-electron chi connectivity index (χ3n) is 4.08. The lowest BCUT2D eigenvalue weighted by Crippen LogP contribution is -2.23. The molecule has 116 valence electrons. The van der Waals surface area contributed by atoms with E-state index in [-0.39, 0.29) is 12.1 Å². The van der Waals surface area contributed by atoms with E-state index in [1.807, 2.05) is 24.3 Å². The van der Waals surface area contributed by atoms with E-state index in [2.05, 4.69) is 73.8 Å². The predicted octanol–water partition coefficient (Wildman–Crippen LogP) is 5.16. The highest BCUT2D eigenvalue weighted by Gasteiger charge is 2.12. The average molecular weight is 302 g/mol. The van der Waals surface area contributed by atoms with Gasteiger partial charge in [-0.15, -0.1) is 0 Å². The van der Waals surface area contributed by atoms with E-state index in [4.69, 9.17) is 4.98 Å². The molecule has 3 aromatic rings. The first kappa shape index (κ1) is 15.4. The van der Waals surface area contributed by atoms with Crippen molar-refractivity contribution in [2.75, 3.05) is 0 Å². The van der Waals surface area contributed by atoms with Crippen LogP contribution in [0.15, 0.2) is 78.9 Å². The zero-order valence-electron chi connectivity index (χ0n) is 13.6. The van der Waals surface area contributed by atoms with E-state index in [0.717, 1.165) is 17.0 Å². The molecule has 0 radical (unpaired) electrons. The summed E-state index contributed by atoms with van der Waals surface area (Å²) in [7, 11) is 0. The fourth-order valence-corrected chi connectivity index (χ4v) is 2.76. The molecule has 3 rings (SSSR count). The summed E-state index contributed by atoms with van der Waals surface area (Å²) in [5, 5.41) is 3.63. The molecule has 0 aliphatic heterocycles. The van der Waals surface area contributed by atoms with Crippen LogP contribution in [0.1, 0.15) is 37.2 Å². The fraction of sp³-hybridized carbons (Fsp3) is 0.190. The number of nitrogens with one attached hydrogen (secondary N) is 1. The maximum absolute atomic E-state index is 4.83. The number of hydrogen-bond donors (Lipinski definition) is 1. The van der Waals surface area contributed by atoms with Crippen LogP contribution in [0.4, 0.5) is 0 Å². The second kappa shape index (κ2) is 7.21. The third-order valence-corrected chi connectivity index (χ3v) is 4.08. The monoisotopic (exact) mass is 302 g/mol.